The number of unbranched alkanes of at least 4 members (excludes halogenated alkanes) is 7. The van der Waals surface area contributed by atoms with E-state index in [1.165, 1.54) is 55.5 Å². The van der Waals surface area contributed by atoms with Crippen molar-refractivity contribution in [1.82, 2.24) is 0 Å². The number of nitrogens with zero attached hydrogens (tertiary/aromatic N) is 1. The predicted molar refractivity (Wildman–Crippen MR) is 114 cm³/mol. The first-order valence-electron chi connectivity index (χ1n) is 10.8. The molecule has 1 aromatic heterocycles. The van der Waals surface area contributed by atoms with E-state index in [2.05, 4.69) is 37.5 Å². The van der Waals surface area contributed by atoms with Gasteiger partial charge in [0, 0.05) is 38.8 Å². The molecule has 0 atom stereocenters. The van der Waals surface area contributed by atoms with Gasteiger partial charge in [0.2, 0.25) is 0 Å². The van der Waals surface area contributed by atoms with Crippen LogP contribution in [0.25, 0.3) is 0 Å². The van der Waals surface area contributed by atoms with Crippen molar-refractivity contribution in [3.63, 3.8) is 0 Å². The Kier molecular flexibility index (Phi) is 12.5. The molecule has 0 saturated heterocycles. The van der Waals surface area contributed by atoms with Crippen molar-refractivity contribution in [2.75, 3.05) is 0 Å². The zero-order chi connectivity index (χ0) is 20.2. The first kappa shape index (κ1) is 25.4. The van der Waals surface area contributed by atoms with Crippen molar-refractivity contribution < 1.29 is 31.1 Å². The number of aromatic nitrogens is 1. The Morgan fingerprint density at radius 3 is 1.90 bits per heavy atom. The van der Waals surface area contributed by atoms with Crippen LogP contribution in [0.1, 0.15) is 74.7 Å². The summed E-state index contributed by atoms with van der Waals surface area (Å²) in [6.45, 7) is 7.70. The minimum Gasteiger partial charge on any atom is -1.00 e. The Balaban J connectivity index is 0.00000420. The molecule has 0 aliphatic rings. The van der Waals surface area contributed by atoms with Gasteiger partial charge in [0.15, 0.2) is 11.4 Å². The maximum absolute atomic E-state index is 11.8. The van der Waals surface area contributed by atoms with Crippen LogP contribution in [0.3, 0.4) is 0 Å². The Labute approximate surface area is 187 Å². The lowest BCUT2D eigenvalue weighted by molar-refractivity contribution is -0.709. The van der Waals surface area contributed by atoms with Gasteiger partial charge in [-0.2, -0.15) is 0 Å². The summed E-state index contributed by atoms with van der Waals surface area (Å²) in [6, 6.07) is 13.8. The van der Waals surface area contributed by atoms with Crippen molar-refractivity contribution in [3.8, 4) is 5.75 Å². The molecular weight excluding hydrogens is 426 g/mol. The van der Waals surface area contributed by atoms with E-state index in [9.17, 15) is 4.79 Å². The van der Waals surface area contributed by atoms with E-state index in [0.717, 1.165) is 19.4 Å². The molecule has 4 heteroatoms. The fraction of sp³-hybridized carbons (Fsp3) is 0.520. The maximum Gasteiger partial charge on any atom is 0.311 e. The number of benzene rings is 1. The second kappa shape index (κ2) is 14.3. The van der Waals surface area contributed by atoms with E-state index in [0.29, 0.717) is 12.2 Å². The van der Waals surface area contributed by atoms with E-state index >= 15 is 0 Å². The zero-order valence-electron chi connectivity index (χ0n) is 18.3. The van der Waals surface area contributed by atoms with Crippen LogP contribution < -0.4 is 26.3 Å². The summed E-state index contributed by atoms with van der Waals surface area (Å²) in [4.78, 5) is 11.8. The molecule has 3 nitrogen and oxygen atoms in total. The highest BCUT2D eigenvalue weighted by Gasteiger charge is 2.10. The van der Waals surface area contributed by atoms with Crippen LogP contribution in [-0.2, 0) is 11.3 Å². The molecule has 1 aromatic carbocycles. The van der Waals surface area contributed by atoms with Gasteiger partial charge in [-0.25, -0.2) is 4.57 Å². The molecule has 0 aliphatic heterocycles. The molecule has 29 heavy (non-hydrogen) atoms. The number of rotatable bonds is 12. The van der Waals surface area contributed by atoms with Gasteiger partial charge in [0.1, 0.15) is 12.3 Å². The van der Waals surface area contributed by atoms with Gasteiger partial charge in [0.05, 0.1) is 0 Å². The first-order valence-corrected chi connectivity index (χ1v) is 10.8. The third-order valence-electron chi connectivity index (χ3n) is 5.21. The second-order valence-corrected chi connectivity index (χ2v) is 7.83. The monoisotopic (exact) mass is 461 g/mol. The maximum atomic E-state index is 11.8. The summed E-state index contributed by atoms with van der Waals surface area (Å²) in [5, 5.41) is 0. The van der Waals surface area contributed by atoms with Gasteiger partial charge in [-0.05, 0) is 37.5 Å². The average Bonchev–Trinajstić information content (AvgIpc) is 2.65. The highest BCUT2D eigenvalue weighted by molar-refractivity contribution is 5.72. The number of carbonyl (C=O) groups excluding carboxylic acids is 1. The fourth-order valence-corrected chi connectivity index (χ4v) is 3.76. The van der Waals surface area contributed by atoms with Gasteiger partial charge in [-0.15, -0.1) is 0 Å². The zero-order valence-corrected chi connectivity index (χ0v) is 19.8. The van der Waals surface area contributed by atoms with Crippen molar-refractivity contribution in [2.24, 2.45) is 0 Å². The van der Waals surface area contributed by atoms with E-state index in [1.807, 2.05) is 30.3 Å². The largest absolute Gasteiger partial charge is 1.00 e. The molecule has 0 saturated carbocycles. The van der Waals surface area contributed by atoms with Gasteiger partial charge < -0.3 is 21.7 Å². The summed E-state index contributed by atoms with van der Waals surface area (Å²) in [5.74, 6) is 0.520. The minimum absolute atomic E-state index is 0. The number of para-hydroxylation sites is 1. The SMILES string of the molecule is Cc1cc(C)[n+](CCCCCCCCCCC(=O)Oc2ccccc2)c(C)c1.[Br-]. The number of esters is 1. The molecule has 0 bridgehead atoms. The number of hydrogen-bond donors (Lipinski definition) is 0. The molecule has 2 aromatic rings. The molecule has 2 rings (SSSR count). The van der Waals surface area contributed by atoms with Crippen LogP contribution in [0.4, 0.5) is 0 Å². The first-order chi connectivity index (χ1) is 13.6. The van der Waals surface area contributed by atoms with Crippen LogP contribution in [0.5, 0.6) is 5.75 Å². The molecule has 0 spiro atoms. The van der Waals surface area contributed by atoms with Crippen molar-refractivity contribution in [3.05, 3.63) is 59.4 Å². The lowest BCUT2D eigenvalue weighted by Gasteiger charge is -2.06. The molecule has 0 unspecified atom stereocenters. The molecular formula is C25H36BrNO2. The van der Waals surface area contributed by atoms with Gasteiger partial charge in [-0.1, -0.05) is 50.3 Å². The van der Waals surface area contributed by atoms with Crippen LogP contribution in [-0.4, -0.2) is 5.97 Å². The Morgan fingerprint density at radius 1 is 0.793 bits per heavy atom. The molecule has 0 fully saturated rings. The average molecular weight is 462 g/mol. The lowest BCUT2D eigenvalue weighted by Crippen LogP contribution is -3.00. The van der Waals surface area contributed by atoms with Gasteiger partial charge in [-0.3, -0.25) is 4.79 Å². The smallest absolute Gasteiger partial charge is 0.311 e. The quantitative estimate of drug-likeness (QED) is 0.210. The fourth-order valence-electron chi connectivity index (χ4n) is 3.76. The van der Waals surface area contributed by atoms with Crippen LogP contribution in [0, 0.1) is 20.8 Å². The number of hydrogen-bond acceptors (Lipinski definition) is 2. The standard InChI is InChI=1S/C25H36NO2.BrH/c1-21-19-22(2)26(23(3)20-21)18-14-9-7-5-4-6-8-13-17-25(27)28-24-15-11-10-12-16-24;/h10-12,15-16,19-20H,4-9,13-14,17-18H2,1-3H3;1H/q+1;/p-1. The summed E-state index contributed by atoms with van der Waals surface area (Å²) < 4.78 is 7.74. The molecule has 0 aliphatic carbocycles. The summed E-state index contributed by atoms with van der Waals surface area (Å²) in [7, 11) is 0. The molecule has 0 N–H and O–H groups in total. The summed E-state index contributed by atoms with van der Waals surface area (Å²) in [6.07, 6.45) is 10.2. The van der Waals surface area contributed by atoms with Gasteiger partial charge >= 0.3 is 5.97 Å². The topological polar surface area (TPSA) is 30.2 Å². The van der Waals surface area contributed by atoms with E-state index in [-0.39, 0.29) is 23.0 Å². The summed E-state index contributed by atoms with van der Waals surface area (Å²) >= 11 is 0. The number of pyridine rings is 1. The third-order valence-corrected chi connectivity index (χ3v) is 5.21. The van der Waals surface area contributed by atoms with Crippen molar-refractivity contribution >= 4 is 5.97 Å². The Morgan fingerprint density at radius 2 is 1.31 bits per heavy atom. The molecule has 1 heterocycles. The number of halogens is 1. The highest BCUT2D eigenvalue weighted by atomic mass is 79.9. The van der Waals surface area contributed by atoms with E-state index in [1.54, 1.807) is 0 Å². The molecule has 160 valence electrons. The van der Waals surface area contributed by atoms with Crippen LogP contribution >= 0.6 is 0 Å². The van der Waals surface area contributed by atoms with Crippen LogP contribution in [0.2, 0.25) is 0 Å². The lowest BCUT2D eigenvalue weighted by atomic mass is 10.1. The second-order valence-electron chi connectivity index (χ2n) is 7.83. The molecule has 0 radical (unpaired) electrons. The van der Waals surface area contributed by atoms with E-state index < -0.39 is 0 Å². The van der Waals surface area contributed by atoms with Crippen molar-refractivity contribution in [2.45, 2.75) is 85.1 Å². The highest BCUT2D eigenvalue weighted by Crippen LogP contribution is 2.13. The molecule has 0 amide bonds. The minimum atomic E-state index is -0.120. The van der Waals surface area contributed by atoms with Crippen LogP contribution in [0.15, 0.2) is 42.5 Å². The number of aryl methyl sites for hydroxylation is 3. The van der Waals surface area contributed by atoms with Crippen molar-refractivity contribution in [1.29, 1.82) is 0 Å². The number of carbonyl (C=O) groups is 1. The van der Waals surface area contributed by atoms with E-state index in [4.69, 9.17) is 4.74 Å². The van der Waals surface area contributed by atoms with Gasteiger partial charge in [0.25, 0.3) is 0 Å². The third kappa shape index (κ3) is 10.1. The Hall–Kier alpha value is -1.68. The normalized spacial score (nSPS) is 10.4. The number of ether oxygens (including phenoxy) is 1. The predicted octanol–water partition coefficient (Wildman–Crippen LogP) is 3.02. The Bertz CT molecular complexity index is 708. The summed E-state index contributed by atoms with van der Waals surface area (Å²) in [5.41, 5.74) is 4.08.